The van der Waals surface area contributed by atoms with Gasteiger partial charge in [0.15, 0.2) is 0 Å². The molecule has 6 rings (SSSR count). The van der Waals surface area contributed by atoms with Crippen molar-refractivity contribution < 1.29 is 4.42 Å². The lowest BCUT2D eigenvalue weighted by atomic mass is 10.1. The first-order valence-electron chi connectivity index (χ1n) is 10.9. The number of thiophene rings is 1. The van der Waals surface area contributed by atoms with Crippen LogP contribution in [0.5, 0.6) is 0 Å². The van der Waals surface area contributed by atoms with E-state index in [1.165, 1.54) is 11.3 Å². The van der Waals surface area contributed by atoms with Gasteiger partial charge in [0.1, 0.15) is 0 Å². The summed E-state index contributed by atoms with van der Waals surface area (Å²) in [4.78, 5) is 13.5. The fourth-order valence-electron chi connectivity index (χ4n) is 4.47. The van der Waals surface area contributed by atoms with Gasteiger partial charge in [-0.3, -0.25) is 9.88 Å². The average molecular weight is 472 g/mol. The van der Waals surface area contributed by atoms with E-state index in [1.807, 2.05) is 59.9 Å². The van der Waals surface area contributed by atoms with Gasteiger partial charge in [0.2, 0.25) is 5.89 Å². The highest BCUT2D eigenvalue weighted by Gasteiger charge is 2.28. The second-order valence-electron chi connectivity index (χ2n) is 8.09. The molecule has 1 aliphatic heterocycles. The van der Waals surface area contributed by atoms with Gasteiger partial charge in [-0.1, -0.05) is 30.3 Å². The molecule has 0 spiro atoms. The maximum Gasteiger partial charge on any atom is 0.288 e. The van der Waals surface area contributed by atoms with Crippen LogP contribution in [0.15, 0.2) is 76.7 Å². The lowest BCUT2D eigenvalue weighted by Crippen LogP contribution is -2.26. The van der Waals surface area contributed by atoms with Crippen molar-refractivity contribution in [2.45, 2.75) is 25.6 Å². The van der Waals surface area contributed by atoms with Crippen molar-refractivity contribution in [2.75, 3.05) is 6.54 Å². The Morgan fingerprint density at radius 2 is 1.97 bits per heavy atom. The van der Waals surface area contributed by atoms with Crippen molar-refractivity contribution in [2.24, 2.45) is 0 Å². The van der Waals surface area contributed by atoms with Crippen LogP contribution in [0.3, 0.4) is 0 Å². The summed E-state index contributed by atoms with van der Waals surface area (Å²) in [7, 11) is 0. The maximum absolute atomic E-state index is 6.03. The molecule has 0 N–H and O–H groups in total. The first-order chi connectivity index (χ1) is 16.3. The molecular formula is C25H21N5OS2. The van der Waals surface area contributed by atoms with E-state index >= 15 is 0 Å². The summed E-state index contributed by atoms with van der Waals surface area (Å²) >= 11 is 7.38. The van der Waals surface area contributed by atoms with Gasteiger partial charge in [0.05, 0.1) is 29.1 Å². The van der Waals surface area contributed by atoms with Gasteiger partial charge >= 0.3 is 0 Å². The molecule has 0 bridgehead atoms. The summed E-state index contributed by atoms with van der Waals surface area (Å²) in [5, 5.41) is 7.91. The van der Waals surface area contributed by atoms with Crippen LogP contribution in [0.2, 0.25) is 0 Å². The van der Waals surface area contributed by atoms with Gasteiger partial charge in [-0.05, 0) is 60.8 Å². The van der Waals surface area contributed by atoms with E-state index in [0.29, 0.717) is 23.4 Å². The Morgan fingerprint density at radius 1 is 1.06 bits per heavy atom. The number of pyridine rings is 2. The fourth-order valence-corrected chi connectivity index (χ4v) is 5.55. The van der Waals surface area contributed by atoms with Gasteiger partial charge in [-0.25, -0.2) is 9.67 Å². The number of rotatable bonds is 5. The molecule has 0 unspecified atom stereocenters. The number of benzene rings is 1. The van der Waals surface area contributed by atoms with Crippen LogP contribution in [0.1, 0.15) is 23.8 Å². The molecule has 33 heavy (non-hydrogen) atoms. The predicted octanol–water partition coefficient (Wildman–Crippen LogP) is 6.34. The molecule has 0 amide bonds. The Balaban J connectivity index is 1.39. The van der Waals surface area contributed by atoms with Crippen LogP contribution in [-0.4, -0.2) is 31.2 Å². The number of aromatic nitrogens is 4. The van der Waals surface area contributed by atoms with Crippen molar-refractivity contribution in [3.05, 3.63) is 82.0 Å². The Kier molecular flexibility index (Phi) is 5.33. The zero-order chi connectivity index (χ0) is 22.2. The summed E-state index contributed by atoms with van der Waals surface area (Å²) in [6.07, 6.45) is 4.09. The highest BCUT2D eigenvalue weighted by Crippen LogP contribution is 2.35. The van der Waals surface area contributed by atoms with E-state index in [-0.39, 0.29) is 0 Å². The SMILES string of the molecule is S=c1oc(-c2cc(-c3ccccn3)nc3ccccc23)nn1CN1CCC[C@@H]1c1cccs1. The monoisotopic (exact) mass is 471 g/mol. The Labute approximate surface area is 200 Å². The van der Waals surface area contributed by atoms with E-state index in [0.717, 1.165) is 40.8 Å². The number of hydrogen-bond donors (Lipinski definition) is 0. The van der Waals surface area contributed by atoms with Crippen LogP contribution in [0.25, 0.3) is 33.7 Å². The third-order valence-electron chi connectivity index (χ3n) is 6.03. The molecule has 5 aromatic rings. The molecule has 1 aromatic carbocycles. The number of fused-ring (bicyclic) bond motifs is 1. The van der Waals surface area contributed by atoms with Gasteiger partial charge < -0.3 is 4.42 Å². The van der Waals surface area contributed by atoms with Crippen molar-refractivity contribution in [1.29, 1.82) is 0 Å². The van der Waals surface area contributed by atoms with Gasteiger partial charge in [0, 0.05) is 29.0 Å². The molecular weight excluding hydrogens is 450 g/mol. The molecule has 0 saturated carbocycles. The number of nitrogens with zero attached hydrogens (tertiary/aromatic N) is 5. The normalized spacial score (nSPS) is 16.5. The van der Waals surface area contributed by atoms with E-state index < -0.39 is 0 Å². The highest BCUT2D eigenvalue weighted by molar-refractivity contribution is 7.71. The minimum Gasteiger partial charge on any atom is -0.409 e. The molecule has 1 saturated heterocycles. The lowest BCUT2D eigenvalue weighted by molar-refractivity contribution is 0.190. The van der Waals surface area contributed by atoms with Crippen molar-refractivity contribution in [3.63, 3.8) is 0 Å². The first-order valence-corrected chi connectivity index (χ1v) is 12.2. The van der Waals surface area contributed by atoms with Crippen molar-refractivity contribution >= 4 is 34.5 Å². The Hall–Kier alpha value is -3.20. The summed E-state index contributed by atoms with van der Waals surface area (Å²) < 4.78 is 7.83. The minimum atomic E-state index is 0.377. The topological polar surface area (TPSA) is 60.0 Å². The predicted molar refractivity (Wildman–Crippen MR) is 132 cm³/mol. The molecule has 5 heterocycles. The summed E-state index contributed by atoms with van der Waals surface area (Å²) in [6.45, 7) is 1.63. The molecule has 6 nitrogen and oxygen atoms in total. The van der Waals surface area contributed by atoms with Crippen LogP contribution < -0.4 is 0 Å². The molecule has 1 atom stereocenters. The lowest BCUT2D eigenvalue weighted by Gasteiger charge is -2.22. The Morgan fingerprint density at radius 3 is 2.82 bits per heavy atom. The zero-order valence-electron chi connectivity index (χ0n) is 17.8. The van der Waals surface area contributed by atoms with Gasteiger partial charge in [0.25, 0.3) is 4.84 Å². The molecule has 0 radical (unpaired) electrons. The molecule has 4 aromatic heterocycles. The molecule has 1 aliphatic rings. The number of para-hydroxylation sites is 1. The Bertz CT molecular complexity index is 1460. The molecule has 8 heteroatoms. The highest BCUT2D eigenvalue weighted by atomic mass is 32.1. The third kappa shape index (κ3) is 3.90. The van der Waals surface area contributed by atoms with Crippen LogP contribution in [-0.2, 0) is 6.67 Å². The van der Waals surface area contributed by atoms with Crippen LogP contribution in [0.4, 0.5) is 0 Å². The van der Waals surface area contributed by atoms with E-state index in [2.05, 4.69) is 27.4 Å². The second-order valence-corrected chi connectivity index (χ2v) is 9.42. The van der Waals surface area contributed by atoms with Crippen molar-refractivity contribution in [1.82, 2.24) is 24.6 Å². The number of hydrogen-bond acceptors (Lipinski definition) is 7. The van der Waals surface area contributed by atoms with Gasteiger partial charge in [-0.15, -0.1) is 16.4 Å². The summed E-state index contributed by atoms with van der Waals surface area (Å²) in [6, 6.07) is 20.5. The van der Waals surface area contributed by atoms with E-state index in [9.17, 15) is 0 Å². The molecule has 1 fully saturated rings. The zero-order valence-corrected chi connectivity index (χ0v) is 19.4. The van der Waals surface area contributed by atoms with Crippen LogP contribution >= 0.6 is 23.6 Å². The molecule has 164 valence electrons. The fraction of sp³-hybridized carbons (Fsp3) is 0.200. The van der Waals surface area contributed by atoms with Crippen molar-refractivity contribution in [3.8, 4) is 22.8 Å². The summed E-state index contributed by atoms with van der Waals surface area (Å²) in [5.41, 5.74) is 3.31. The van der Waals surface area contributed by atoms with Crippen LogP contribution in [0, 0.1) is 4.84 Å². The molecule has 0 aliphatic carbocycles. The second kappa shape index (κ2) is 8.62. The maximum atomic E-state index is 6.03. The minimum absolute atomic E-state index is 0.377. The first kappa shape index (κ1) is 20.4. The largest absolute Gasteiger partial charge is 0.409 e. The third-order valence-corrected chi connectivity index (χ3v) is 7.30. The number of likely N-dealkylation sites (tertiary alicyclic amines) is 1. The van der Waals surface area contributed by atoms with E-state index in [4.69, 9.17) is 26.7 Å². The summed E-state index contributed by atoms with van der Waals surface area (Å²) in [5.74, 6) is 0.502. The smallest absolute Gasteiger partial charge is 0.288 e. The average Bonchev–Trinajstić information content (AvgIpc) is 3.61. The van der Waals surface area contributed by atoms with Gasteiger partial charge in [-0.2, -0.15) is 0 Å². The quantitative estimate of drug-likeness (QED) is 0.279. The van der Waals surface area contributed by atoms with E-state index in [1.54, 1.807) is 10.9 Å². The standard InChI is InChI=1S/C25H21N5OS2/c32-25-30(16-29-13-5-10-22(29)23-11-6-14-33-23)28-24(31-25)18-15-21(20-9-3-4-12-26-20)27-19-8-2-1-7-17(18)19/h1-4,6-9,11-12,14-15,22H,5,10,13,16H2/t22-/m1/s1.